The summed E-state index contributed by atoms with van der Waals surface area (Å²) < 4.78 is 30.9. The first-order valence-electron chi connectivity index (χ1n) is 3.15. The van der Waals surface area contributed by atoms with E-state index in [0.29, 0.717) is 0 Å². The SMILES string of the molecule is CS(=O)(=O)NC(=O)OCCOC=O. The Bertz CT molecular complexity index is 271. The third-order valence-corrected chi connectivity index (χ3v) is 1.31. The van der Waals surface area contributed by atoms with E-state index in [9.17, 15) is 18.0 Å². The van der Waals surface area contributed by atoms with E-state index >= 15 is 0 Å². The topological polar surface area (TPSA) is 98.8 Å². The van der Waals surface area contributed by atoms with Crippen LogP contribution in [-0.2, 0) is 24.3 Å². The van der Waals surface area contributed by atoms with Crippen LogP contribution in [-0.4, -0.2) is 40.5 Å². The minimum absolute atomic E-state index is 0.110. The van der Waals surface area contributed by atoms with Crippen LogP contribution >= 0.6 is 0 Å². The Balaban J connectivity index is 3.58. The highest BCUT2D eigenvalue weighted by molar-refractivity contribution is 7.89. The molecule has 0 atom stereocenters. The van der Waals surface area contributed by atoms with Crippen molar-refractivity contribution < 1.29 is 27.5 Å². The predicted molar refractivity (Wildman–Crippen MR) is 41.3 cm³/mol. The fourth-order valence-corrected chi connectivity index (χ4v) is 0.773. The highest BCUT2D eigenvalue weighted by Gasteiger charge is 2.08. The molecule has 0 aliphatic heterocycles. The molecule has 1 N–H and O–H groups in total. The Morgan fingerprint density at radius 1 is 1.46 bits per heavy atom. The van der Waals surface area contributed by atoms with E-state index in [1.54, 1.807) is 4.72 Å². The van der Waals surface area contributed by atoms with Crippen molar-refractivity contribution in [3.05, 3.63) is 0 Å². The van der Waals surface area contributed by atoms with Gasteiger partial charge in [-0.3, -0.25) is 4.79 Å². The van der Waals surface area contributed by atoms with Gasteiger partial charge < -0.3 is 9.47 Å². The summed E-state index contributed by atoms with van der Waals surface area (Å²) >= 11 is 0. The highest BCUT2D eigenvalue weighted by atomic mass is 32.2. The molecule has 0 unspecified atom stereocenters. The molecule has 0 aromatic carbocycles. The monoisotopic (exact) mass is 211 g/mol. The Hall–Kier alpha value is -1.31. The predicted octanol–water partition coefficient (Wildman–Crippen LogP) is -1.15. The minimum atomic E-state index is -3.60. The number of carbonyl (C=O) groups is 2. The van der Waals surface area contributed by atoms with Gasteiger partial charge in [0.25, 0.3) is 6.47 Å². The Kier molecular flexibility index (Phi) is 4.82. The average molecular weight is 211 g/mol. The van der Waals surface area contributed by atoms with Crippen molar-refractivity contribution >= 4 is 22.6 Å². The molecule has 0 heterocycles. The lowest BCUT2D eigenvalue weighted by atomic mass is 10.8. The summed E-state index contributed by atoms with van der Waals surface area (Å²) in [5, 5.41) is 0. The molecule has 0 saturated heterocycles. The van der Waals surface area contributed by atoms with Crippen LogP contribution in [0.2, 0.25) is 0 Å². The summed E-state index contributed by atoms with van der Waals surface area (Å²) in [6.07, 6.45) is -0.284. The van der Waals surface area contributed by atoms with Gasteiger partial charge in [0.05, 0.1) is 6.26 Å². The number of nitrogens with one attached hydrogen (secondary N) is 1. The van der Waals surface area contributed by atoms with Crippen LogP contribution < -0.4 is 4.72 Å². The van der Waals surface area contributed by atoms with Gasteiger partial charge in [0, 0.05) is 0 Å². The maximum absolute atomic E-state index is 10.6. The molecule has 0 bridgehead atoms. The molecule has 0 aromatic heterocycles. The van der Waals surface area contributed by atoms with Crippen LogP contribution in [0.25, 0.3) is 0 Å². The van der Waals surface area contributed by atoms with Crippen LogP contribution in [0.15, 0.2) is 0 Å². The normalized spacial score (nSPS) is 10.2. The van der Waals surface area contributed by atoms with Crippen LogP contribution in [0.3, 0.4) is 0 Å². The van der Waals surface area contributed by atoms with Gasteiger partial charge in [-0.25, -0.2) is 17.9 Å². The van der Waals surface area contributed by atoms with Gasteiger partial charge in [0.2, 0.25) is 10.0 Å². The number of rotatable bonds is 5. The quantitative estimate of drug-likeness (QED) is 0.455. The van der Waals surface area contributed by atoms with Gasteiger partial charge in [-0.1, -0.05) is 0 Å². The van der Waals surface area contributed by atoms with Gasteiger partial charge >= 0.3 is 6.09 Å². The maximum atomic E-state index is 10.6. The van der Waals surface area contributed by atoms with Crippen LogP contribution in [0, 0.1) is 0 Å². The van der Waals surface area contributed by atoms with Gasteiger partial charge in [0.15, 0.2) is 0 Å². The second-order valence-electron chi connectivity index (χ2n) is 1.98. The van der Waals surface area contributed by atoms with Crippen molar-refractivity contribution in [3.8, 4) is 0 Å². The van der Waals surface area contributed by atoms with E-state index in [4.69, 9.17) is 0 Å². The average Bonchev–Trinajstić information content (AvgIpc) is 1.94. The smallest absolute Gasteiger partial charge is 0.420 e. The van der Waals surface area contributed by atoms with E-state index < -0.39 is 16.1 Å². The zero-order chi connectivity index (χ0) is 10.3. The van der Waals surface area contributed by atoms with Crippen LogP contribution in [0.4, 0.5) is 4.79 Å². The first kappa shape index (κ1) is 11.7. The summed E-state index contributed by atoms with van der Waals surface area (Å²) in [4.78, 5) is 20.2. The summed E-state index contributed by atoms with van der Waals surface area (Å²) in [6.45, 7) is -0.112. The molecule has 0 aromatic rings. The molecule has 0 fully saturated rings. The number of hydrogen-bond acceptors (Lipinski definition) is 6. The first-order valence-corrected chi connectivity index (χ1v) is 5.04. The Labute approximate surface area is 75.1 Å². The van der Waals surface area contributed by atoms with Crippen molar-refractivity contribution in [1.82, 2.24) is 4.72 Å². The van der Waals surface area contributed by atoms with E-state index in [2.05, 4.69) is 9.47 Å². The summed E-state index contributed by atoms with van der Waals surface area (Å²) in [5.74, 6) is 0. The highest BCUT2D eigenvalue weighted by Crippen LogP contribution is 1.81. The molecule has 0 saturated carbocycles. The van der Waals surface area contributed by atoms with Crippen molar-refractivity contribution in [2.75, 3.05) is 19.5 Å². The zero-order valence-corrected chi connectivity index (χ0v) is 7.67. The molecule has 0 aliphatic carbocycles. The van der Waals surface area contributed by atoms with Crippen molar-refractivity contribution in [2.45, 2.75) is 0 Å². The number of amides is 1. The lowest BCUT2D eigenvalue weighted by Gasteiger charge is -2.03. The van der Waals surface area contributed by atoms with Crippen LogP contribution in [0.5, 0.6) is 0 Å². The second kappa shape index (κ2) is 5.36. The molecular weight excluding hydrogens is 202 g/mol. The summed E-state index contributed by atoms with van der Waals surface area (Å²) in [5.41, 5.74) is 0. The Morgan fingerprint density at radius 2 is 2.08 bits per heavy atom. The maximum Gasteiger partial charge on any atom is 0.420 e. The molecule has 8 heteroatoms. The lowest BCUT2D eigenvalue weighted by molar-refractivity contribution is -0.129. The minimum Gasteiger partial charge on any atom is -0.464 e. The van der Waals surface area contributed by atoms with Gasteiger partial charge in [-0.2, -0.15) is 0 Å². The van der Waals surface area contributed by atoms with Crippen molar-refractivity contribution in [1.29, 1.82) is 0 Å². The fourth-order valence-electron chi connectivity index (χ4n) is 0.411. The summed E-state index contributed by atoms with van der Waals surface area (Å²) in [6, 6.07) is 0. The van der Waals surface area contributed by atoms with Gasteiger partial charge in [0.1, 0.15) is 13.2 Å². The molecule has 1 amide bonds. The standard InChI is InChI=1S/C5H9NO6S/c1-13(9,10)6-5(8)12-3-2-11-4-7/h4H,2-3H2,1H3,(H,6,8). The largest absolute Gasteiger partial charge is 0.464 e. The fraction of sp³-hybridized carbons (Fsp3) is 0.600. The van der Waals surface area contributed by atoms with E-state index in [1.165, 1.54) is 0 Å². The molecule has 0 rings (SSSR count). The van der Waals surface area contributed by atoms with Crippen molar-refractivity contribution in [3.63, 3.8) is 0 Å². The molecule has 0 spiro atoms. The number of sulfonamides is 1. The van der Waals surface area contributed by atoms with E-state index in [1.807, 2.05) is 0 Å². The molecule has 0 radical (unpaired) electrons. The van der Waals surface area contributed by atoms with Gasteiger partial charge in [-0.05, 0) is 0 Å². The van der Waals surface area contributed by atoms with Gasteiger partial charge in [-0.15, -0.1) is 0 Å². The molecule has 7 nitrogen and oxygen atoms in total. The van der Waals surface area contributed by atoms with Crippen molar-refractivity contribution in [2.24, 2.45) is 0 Å². The molecule has 13 heavy (non-hydrogen) atoms. The molecular formula is C5H9NO6S. The second-order valence-corrected chi connectivity index (χ2v) is 3.73. The number of carbonyl (C=O) groups excluding carboxylic acids is 2. The molecule has 76 valence electrons. The summed E-state index contributed by atoms with van der Waals surface area (Å²) in [7, 11) is -3.60. The third-order valence-electron chi connectivity index (χ3n) is 0.771. The van der Waals surface area contributed by atoms with E-state index in [-0.39, 0.29) is 19.7 Å². The van der Waals surface area contributed by atoms with Crippen LogP contribution in [0.1, 0.15) is 0 Å². The Morgan fingerprint density at radius 3 is 2.54 bits per heavy atom. The zero-order valence-electron chi connectivity index (χ0n) is 6.85. The number of ether oxygens (including phenoxy) is 2. The van der Waals surface area contributed by atoms with E-state index in [0.717, 1.165) is 6.26 Å². The molecule has 0 aliphatic rings. The number of hydrogen-bond donors (Lipinski definition) is 1. The lowest BCUT2D eigenvalue weighted by Crippen LogP contribution is -2.30. The third kappa shape index (κ3) is 8.60. The first-order chi connectivity index (χ1) is 5.95.